The summed E-state index contributed by atoms with van der Waals surface area (Å²) in [4.78, 5) is 15.2. The first kappa shape index (κ1) is 15.8. The predicted octanol–water partition coefficient (Wildman–Crippen LogP) is 1.60. The van der Waals surface area contributed by atoms with E-state index in [0.717, 1.165) is 19.0 Å². The maximum absolute atomic E-state index is 5.49. The van der Waals surface area contributed by atoms with Crippen molar-refractivity contribution >= 4 is 11.9 Å². The van der Waals surface area contributed by atoms with Crippen molar-refractivity contribution in [2.75, 3.05) is 37.9 Å². The average molecular weight is 294 g/mol. The van der Waals surface area contributed by atoms with Gasteiger partial charge in [0.25, 0.3) is 0 Å². The Balaban J connectivity index is 1.94. The van der Waals surface area contributed by atoms with E-state index in [2.05, 4.69) is 51.4 Å². The third-order valence-corrected chi connectivity index (χ3v) is 3.65. The van der Waals surface area contributed by atoms with Crippen molar-refractivity contribution in [3.8, 4) is 6.01 Å². The third-order valence-electron chi connectivity index (χ3n) is 3.65. The second-order valence-electron chi connectivity index (χ2n) is 5.49. The molecule has 7 nitrogen and oxygen atoms in total. The van der Waals surface area contributed by atoms with Gasteiger partial charge >= 0.3 is 6.01 Å². The number of likely N-dealkylation sites (N-methyl/N-ethyl adjacent to an activating group) is 1. The molecule has 1 fully saturated rings. The molecule has 0 spiro atoms. The number of anilines is 2. The van der Waals surface area contributed by atoms with Gasteiger partial charge in [0.15, 0.2) is 0 Å². The third kappa shape index (κ3) is 4.70. The summed E-state index contributed by atoms with van der Waals surface area (Å²) in [6.45, 7) is 5.66. The largest absolute Gasteiger partial charge is 0.463 e. The molecule has 1 unspecified atom stereocenters. The minimum absolute atomic E-state index is 0.363. The van der Waals surface area contributed by atoms with Gasteiger partial charge in [0.05, 0.1) is 6.61 Å². The Hall–Kier alpha value is -1.63. The highest BCUT2D eigenvalue weighted by atomic mass is 16.5. The van der Waals surface area contributed by atoms with Gasteiger partial charge in [0, 0.05) is 25.7 Å². The van der Waals surface area contributed by atoms with Crippen LogP contribution in [0, 0.1) is 0 Å². The highest BCUT2D eigenvalue weighted by Gasteiger charge is 2.29. The Morgan fingerprint density at radius 2 is 2.00 bits per heavy atom. The summed E-state index contributed by atoms with van der Waals surface area (Å²) in [6.07, 6.45) is 3.55. The van der Waals surface area contributed by atoms with Crippen LogP contribution in [0.5, 0.6) is 6.01 Å². The zero-order valence-electron chi connectivity index (χ0n) is 13.4. The Bertz CT molecular complexity index is 451. The number of ether oxygens (including phenoxy) is 1. The molecule has 1 aliphatic carbocycles. The van der Waals surface area contributed by atoms with Gasteiger partial charge in [-0.25, -0.2) is 0 Å². The van der Waals surface area contributed by atoms with Crippen molar-refractivity contribution in [3.05, 3.63) is 0 Å². The SMILES string of the molecule is CCCOc1nc(NC)nc(NCC(C)N(C)C2CC2)n1. The molecule has 1 aromatic rings. The lowest BCUT2D eigenvalue weighted by atomic mass is 10.3. The number of nitrogens with zero attached hydrogens (tertiary/aromatic N) is 4. The van der Waals surface area contributed by atoms with Crippen molar-refractivity contribution in [2.24, 2.45) is 0 Å². The Morgan fingerprint density at radius 3 is 2.62 bits per heavy atom. The molecule has 7 heteroatoms. The summed E-state index contributed by atoms with van der Waals surface area (Å²) in [7, 11) is 3.96. The van der Waals surface area contributed by atoms with Gasteiger partial charge in [-0.15, -0.1) is 0 Å². The van der Waals surface area contributed by atoms with Crippen LogP contribution in [0.3, 0.4) is 0 Å². The molecule has 1 atom stereocenters. The Kier molecular flexibility index (Phi) is 5.55. The molecule has 2 rings (SSSR count). The van der Waals surface area contributed by atoms with Gasteiger partial charge in [0.1, 0.15) is 0 Å². The molecule has 0 aliphatic heterocycles. The fraction of sp³-hybridized carbons (Fsp3) is 0.786. The van der Waals surface area contributed by atoms with Gasteiger partial charge in [-0.3, -0.25) is 4.90 Å². The molecule has 0 bridgehead atoms. The highest BCUT2D eigenvalue weighted by molar-refractivity contribution is 5.35. The van der Waals surface area contributed by atoms with Gasteiger partial charge in [-0.05, 0) is 33.2 Å². The molecule has 21 heavy (non-hydrogen) atoms. The van der Waals surface area contributed by atoms with Crippen LogP contribution < -0.4 is 15.4 Å². The van der Waals surface area contributed by atoms with Crippen LogP contribution in [0.1, 0.15) is 33.1 Å². The minimum atomic E-state index is 0.363. The summed E-state index contributed by atoms with van der Waals surface area (Å²) >= 11 is 0. The quantitative estimate of drug-likeness (QED) is 0.716. The number of hydrogen-bond donors (Lipinski definition) is 2. The topological polar surface area (TPSA) is 75.2 Å². The first-order valence-electron chi connectivity index (χ1n) is 7.66. The van der Waals surface area contributed by atoms with E-state index in [1.165, 1.54) is 12.8 Å². The highest BCUT2D eigenvalue weighted by Crippen LogP contribution is 2.26. The fourth-order valence-electron chi connectivity index (χ4n) is 2.03. The van der Waals surface area contributed by atoms with Crippen LogP contribution in [-0.2, 0) is 0 Å². The van der Waals surface area contributed by atoms with E-state index >= 15 is 0 Å². The lowest BCUT2D eigenvalue weighted by Crippen LogP contribution is -2.36. The maximum Gasteiger partial charge on any atom is 0.323 e. The van der Waals surface area contributed by atoms with Gasteiger partial charge < -0.3 is 15.4 Å². The molecule has 1 aromatic heterocycles. The van der Waals surface area contributed by atoms with E-state index in [1.54, 1.807) is 7.05 Å². The summed E-state index contributed by atoms with van der Waals surface area (Å²) in [6, 6.07) is 1.55. The number of nitrogens with one attached hydrogen (secondary N) is 2. The summed E-state index contributed by atoms with van der Waals surface area (Å²) in [5.41, 5.74) is 0. The molecule has 1 saturated carbocycles. The zero-order valence-corrected chi connectivity index (χ0v) is 13.4. The second kappa shape index (κ2) is 7.40. The van der Waals surface area contributed by atoms with E-state index in [4.69, 9.17) is 4.74 Å². The lowest BCUT2D eigenvalue weighted by molar-refractivity contribution is 0.256. The van der Waals surface area contributed by atoms with Gasteiger partial charge in [0.2, 0.25) is 11.9 Å². The van der Waals surface area contributed by atoms with E-state index < -0.39 is 0 Å². The summed E-state index contributed by atoms with van der Waals surface area (Å²) in [5.74, 6) is 1.07. The van der Waals surface area contributed by atoms with E-state index in [9.17, 15) is 0 Å². The average Bonchev–Trinajstić information content (AvgIpc) is 3.34. The van der Waals surface area contributed by atoms with E-state index in [1.807, 2.05) is 0 Å². The molecular formula is C14H26N6O. The van der Waals surface area contributed by atoms with Gasteiger partial charge in [-0.1, -0.05) is 6.92 Å². The monoisotopic (exact) mass is 294 g/mol. The fourth-order valence-corrected chi connectivity index (χ4v) is 2.03. The van der Waals surface area contributed by atoms with E-state index in [0.29, 0.717) is 30.6 Å². The standard InChI is InChI=1S/C14H26N6O/c1-5-8-21-14-18-12(15-3)17-13(19-14)16-9-10(2)20(4)11-6-7-11/h10-11H,5-9H2,1-4H3,(H2,15,16,17,18,19). The molecule has 0 amide bonds. The van der Waals surface area contributed by atoms with Crippen molar-refractivity contribution in [1.82, 2.24) is 19.9 Å². The van der Waals surface area contributed by atoms with Crippen LogP contribution >= 0.6 is 0 Å². The van der Waals surface area contributed by atoms with E-state index in [-0.39, 0.29) is 0 Å². The van der Waals surface area contributed by atoms with Gasteiger partial charge in [-0.2, -0.15) is 15.0 Å². The first-order valence-corrected chi connectivity index (χ1v) is 7.66. The van der Waals surface area contributed by atoms with Crippen LogP contribution in [0.15, 0.2) is 0 Å². The summed E-state index contributed by atoms with van der Waals surface area (Å²) in [5, 5.41) is 6.21. The molecular weight excluding hydrogens is 268 g/mol. The predicted molar refractivity (Wildman–Crippen MR) is 83.9 cm³/mol. The molecule has 0 radical (unpaired) electrons. The van der Waals surface area contributed by atoms with Crippen LogP contribution in [0.2, 0.25) is 0 Å². The van der Waals surface area contributed by atoms with Crippen molar-refractivity contribution in [2.45, 2.75) is 45.2 Å². The Labute approximate surface area is 126 Å². The van der Waals surface area contributed by atoms with Crippen LogP contribution in [0.4, 0.5) is 11.9 Å². The second-order valence-corrected chi connectivity index (χ2v) is 5.49. The smallest absolute Gasteiger partial charge is 0.323 e. The zero-order chi connectivity index (χ0) is 15.2. The molecule has 0 aromatic carbocycles. The van der Waals surface area contributed by atoms with Crippen molar-refractivity contribution in [1.29, 1.82) is 0 Å². The van der Waals surface area contributed by atoms with Crippen molar-refractivity contribution in [3.63, 3.8) is 0 Å². The van der Waals surface area contributed by atoms with Crippen molar-refractivity contribution < 1.29 is 4.74 Å². The minimum Gasteiger partial charge on any atom is -0.463 e. The van der Waals surface area contributed by atoms with Crippen LogP contribution in [0.25, 0.3) is 0 Å². The normalized spacial score (nSPS) is 15.9. The number of aromatic nitrogens is 3. The molecule has 2 N–H and O–H groups in total. The number of rotatable bonds is 9. The molecule has 1 aliphatic rings. The Morgan fingerprint density at radius 1 is 1.29 bits per heavy atom. The summed E-state index contributed by atoms with van der Waals surface area (Å²) < 4.78 is 5.49. The molecule has 0 saturated heterocycles. The first-order chi connectivity index (χ1) is 10.1. The molecule has 1 heterocycles. The van der Waals surface area contributed by atoms with Crippen LogP contribution in [-0.4, -0.2) is 59.2 Å². The maximum atomic E-state index is 5.49. The lowest BCUT2D eigenvalue weighted by Gasteiger charge is -2.24. The number of hydrogen-bond acceptors (Lipinski definition) is 7. The molecule has 118 valence electrons.